The van der Waals surface area contributed by atoms with Crippen LogP contribution in [0, 0.1) is 5.92 Å². The fraction of sp³-hybridized carbons (Fsp3) is 0.700. The summed E-state index contributed by atoms with van der Waals surface area (Å²) in [6, 6.07) is 0. The molecule has 0 bridgehead atoms. The number of amides is 1. The number of hydrogen-bond acceptors (Lipinski definition) is 5. The van der Waals surface area contributed by atoms with E-state index < -0.39 is 0 Å². The van der Waals surface area contributed by atoms with Crippen LogP contribution in [0.3, 0.4) is 0 Å². The van der Waals surface area contributed by atoms with E-state index in [0.29, 0.717) is 24.2 Å². The lowest BCUT2D eigenvalue weighted by Crippen LogP contribution is -2.31. The van der Waals surface area contributed by atoms with E-state index in [1.807, 2.05) is 4.90 Å². The summed E-state index contributed by atoms with van der Waals surface area (Å²) >= 11 is 1.14. The second-order valence-corrected chi connectivity index (χ2v) is 4.89. The molecule has 1 saturated heterocycles. The Hall–Kier alpha value is -1.17. The molecule has 2 aliphatic rings. The van der Waals surface area contributed by atoms with E-state index in [9.17, 15) is 4.79 Å². The molecule has 1 aromatic heterocycles. The van der Waals surface area contributed by atoms with Crippen molar-refractivity contribution in [2.24, 2.45) is 5.92 Å². The minimum Gasteiger partial charge on any atom is -0.471 e. The van der Waals surface area contributed by atoms with Crippen LogP contribution in [-0.4, -0.2) is 38.7 Å². The molecule has 0 radical (unpaired) electrons. The SMILES string of the molecule is O=C(C1CC1)N1CCC(Oc2cnsn2)C1. The maximum absolute atomic E-state index is 11.8. The fourth-order valence-corrected chi connectivity index (χ4v) is 2.35. The molecule has 5 nitrogen and oxygen atoms in total. The molecular weight excluding hydrogens is 226 g/mol. The Labute approximate surface area is 97.7 Å². The minimum absolute atomic E-state index is 0.0894. The average Bonchev–Trinajstić information content (AvgIpc) is 2.82. The fourth-order valence-electron chi connectivity index (χ4n) is 1.99. The van der Waals surface area contributed by atoms with Gasteiger partial charge in [0.15, 0.2) is 0 Å². The van der Waals surface area contributed by atoms with Crippen molar-refractivity contribution < 1.29 is 9.53 Å². The van der Waals surface area contributed by atoms with E-state index in [2.05, 4.69) is 8.75 Å². The minimum atomic E-state index is 0.0894. The number of rotatable bonds is 3. The molecule has 0 aromatic carbocycles. The van der Waals surface area contributed by atoms with Crippen molar-refractivity contribution in [1.82, 2.24) is 13.6 Å². The van der Waals surface area contributed by atoms with Gasteiger partial charge < -0.3 is 9.64 Å². The highest BCUT2D eigenvalue weighted by Gasteiger charge is 2.37. The zero-order valence-electron chi connectivity index (χ0n) is 8.83. The monoisotopic (exact) mass is 239 g/mol. The van der Waals surface area contributed by atoms with Gasteiger partial charge in [-0.25, -0.2) is 0 Å². The number of nitrogens with zero attached hydrogens (tertiary/aromatic N) is 3. The molecule has 1 aliphatic heterocycles. The first-order chi connectivity index (χ1) is 7.83. The van der Waals surface area contributed by atoms with Gasteiger partial charge in [0, 0.05) is 18.9 Å². The lowest BCUT2D eigenvalue weighted by atomic mass is 10.3. The molecule has 1 saturated carbocycles. The summed E-state index contributed by atoms with van der Waals surface area (Å²) in [7, 11) is 0. The standard InChI is InChI=1S/C10H13N3O2S/c14-10(7-1-2-7)13-4-3-8(6-13)15-9-5-11-16-12-9/h5,7-8H,1-4,6H2. The number of aromatic nitrogens is 2. The molecule has 2 fully saturated rings. The predicted octanol–water partition coefficient (Wildman–Crippen LogP) is 0.928. The maximum atomic E-state index is 11.8. The summed E-state index contributed by atoms with van der Waals surface area (Å²) in [6.07, 6.45) is 4.74. The molecule has 86 valence electrons. The Morgan fingerprint density at radius 2 is 2.38 bits per heavy atom. The predicted molar refractivity (Wildman–Crippen MR) is 58.2 cm³/mol. The smallest absolute Gasteiger partial charge is 0.246 e. The van der Waals surface area contributed by atoms with Crippen molar-refractivity contribution in [2.75, 3.05) is 13.1 Å². The number of hydrogen-bond donors (Lipinski definition) is 0. The van der Waals surface area contributed by atoms with Gasteiger partial charge in [-0.15, -0.1) is 4.37 Å². The Morgan fingerprint density at radius 3 is 3.06 bits per heavy atom. The summed E-state index contributed by atoms with van der Waals surface area (Å²) in [5.41, 5.74) is 0. The van der Waals surface area contributed by atoms with Gasteiger partial charge in [-0.3, -0.25) is 4.79 Å². The van der Waals surface area contributed by atoms with Crippen molar-refractivity contribution in [3.05, 3.63) is 6.20 Å². The number of carbonyl (C=O) groups is 1. The molecule has 1 atom stereocenters. The molecular formula is C10H13N3O2S. The third-order valence-corrected chi connectivity index (χ3v) is 3.47. The highest BCUT2D eigenvalue weighted by molar-refractivity contribution is 6.99. The number of likely N-dealkylation sites (tertiary alicyclic amines) is 1. The lowest BCUT2D eigenvalue weighted by Gasteiger charge is -2.15. The third-order valence-electron chi connectivity index (χ3n) is 3.01. The molecule has 1 aliphatic carbocycles. The van der Waals surface area contributed by atoms with Crippen LogP contribution in [-0.2, 0) is 4.79 Å². The van der Waals surface area contributed by atoms with Crippen molar-refractivity contribution >= 4 is 17.6 Å². The van der Waals surface area contributed by atoms with Crippen molar-refractivity contribution in [3.8, 4) is 5.88 Å². The van der Waals surface area contributed by atoms with Gasteiger partial charge in [0.25, 0.3) is 0 Å². The van der Waals surface area contributed by atoms with Gasteiger partial charge in [-0.2, -0.15) is 4.37 Å². The second-order valence-electron chi connectivity index (χ2n) is 4.33. The molecule has 0 spiro atoms. The van der Waals surface area contributed by atoms with Crippen LogP contribution in [0.1, 0.15) is 19.3 Å². The van der Waals surface area contributed by atoms with Crippen LogP contribution in [0.25, 0.3) is 0 Å². The molecule has 6 heteroatoms. The van der Waals surface area contributed by atoms with Crippen LogP contribution >= 0.6 is 11.7 Å². The van der Waals surface area contributed by atoms with E-state index in [4.69, 9.17) is 4.74 Å². The van der Waals surface area contributed by atoms with Crippen LogP contribution < -0.4 is 4.74 Å². The Bertz CT molecular complexity index is 377. The zero-order valence-corrected chi connectivity index (χ0v) is 9.65. The third kappa shape index (κ3) is 2.02. The van der Waals surface area contributed by atoms with E-state index in [-0.39, 0.29) is 6.10 Å². The van der Waals surface area contributed by atoms with E-state index in [1.54, 1.807) is 6.20 Å². The van der Waals surface area contributed by atoms with Gasteiger partial charge in [0.2, 0.25) is 11.8 Å². The van der Waals surface area contributed by atoms with Gasteiger partial charge >= 0.3 is 0 Å². The summed E-state index contributed by atoms with van der Waals surface area (Å²) in [4.78, 5) is 13.7. The summed E-state index contributed by atoms with van der Waals surface area (Å²) in [5.74, 6) is 1.19. The molecule has 1 aromatic rings. The van der Waals surface area contributed by atoms with Gasteiger partial charge in [-0.05, 0) is 12.8 Å². The molecule has 3 rings (SSSR count). The van der Waals surface area contributed by atoms with E-state index in [0.717, 1.165) is 37.5 Å². The summed E-state index contributed by atoms with van der Waals surface area (Å²) in [6.45, 7) is 1.52. The van der Waals surface area contributed by atoms with Crippen LogP contribution in [0.4, 0.5) is 0 Å². The topological polar surface area (TPSA) is 55.3 Å². The Kier molecular flexibility index (Phi) is 2.51. The Morgan fingerprint density at radius 1 is 1.50 bits per heavy atom. The first kappa shape index (κ1) is 10.0. The van der Waals surface area contributed by atoms with Gasteiger partial charge in [0.05, 0.1) is 18.3 Å². The number of carbonyl (C=O) groups excluding carboxylic acids is 1. The van der Waals surface area contributed by atoms with Crippen LogP contribution in [0.15, 0.2) is 6.20 Å². The highest BCUT2D eigenvalue weighted by atomic mass is 32.1. The van der Waals surface area contributed by atoms with E-state index >= 15 is 0 Å². The maximum Gasteiger partial charge on any atom is 0.246 e. The average molecular weight is 239 g/mol. The normalized spacial score (nSPS) is 24.8. The van der Waals surface area contributed by atoms with Crippen molar-refractivity contribution in [1.29, 1.82) is 0 Å². The highest BCUT2D eigenvalue weighted by Crippen LogP contribution is 2.32. The molecule has 1 amide bonds. The quantitative estimate of drug-likeness (QED) is 0.787. The first-order valence-corrected chi connectivity index (χ1v) is 6.29. The van der Waals surface area contributed by atoms with Crippen LogP contribution in [0.2, 0.25) is 0 Å². The second kappa shape index (κ2) is 4.01. The first-order valence-electron chi connectivity index (χ1n) is 5.56. The summed E-state index contributed by atoms with van der Waals surface area (Å²) < 4.78 is 13.5. The molecule has 16 heavy (non-hydrogen) atoms. The van der Waals surface area contributed by atoms with Crippen LogP contribution in [0.5, 0.6) is 5.88 Å². The molecule has 1 unspecified atom stereocenters. The Balaban J connectivity index is 1.54. The zero-order chi connectivity index (χ0) is 11.0. The largest absolute Gasteiger partial charge is 0.471 e. The summed E-state index contributed by atoms with van der Waals surface area (Å²) in [5, 5.41) is 0. The van der Waals surface area contributed by atoms with E-state index in [1.165, 1.54) is 0 Å². The molecule has 0 N–H and O–H groups in total. The lowest BCUT2D eigenvalue weighted by molar-refractivity contribution is -0.131. The molecule has 2 heterocycles. The van der Waals surface area contributed by atoms with Gasteiger partial charge in [-0.1, -0.05) is 0 Å². The van der Waals surface area contributed by atoms with Gasteiger partial charge in [0.1, 0.15) is 12.3 Å². The van der Waals surface area contributed by atoms with Crippen molar-refractivity contribution in [2.45, 2.75) is 25.4 Å². The van der Waals surface area contributed by atoms with Crippen molar-refractivity contribution in [3.63, 3.8) is 0 Å². The number of ether oxygens (including phenoxy) is 1.